The first-order chi connectivity index (χ1) is 7.04. The molecule has 86 valence electrons. The second kappa shape index (κ2) is 5.53. The van der Waals surface area contributed by atoms with Crippen LogP contribution < -0.4 is 5.32 Å². The summed E-state index contributed by atoms with van der Waals surface area (Å²) in [6, 6.07) is 0.582. The lowest BCUT2D eigenvalue weighted by atomic mass is 9.86. The minimum Gasteiger partial charge on any atom is -0.312 e. The van der Waals surface area contributed by atoms with Crippen LogP contribution in [0.4, 0.5) is 0 Å². The Labute approximate surface area is 94.4 Å². The molecule has 0 aromatic carbocycles. The summed E-state index contributed by atoms with van der Waals surface area (Å²) in [6.07, 6.45) is 1.23. The second-order valence-corrected chi connectivity index (χ2v) is 5.39. The highest BCUT2D eigenvalue weighted by Crippen LogP contribution is 2.21. The van der Waals surface area contributed by atoms with Crippen LogP contribution in [0.5, 0.6) is 0 Å². The Bertz CT molecular complexity index is 241. The van der Waals surface area contributed by atoms with Crippen molar-refractivity contribution in [2.75, 3.05) is 26.2 Å². The average molecular weight is 208 g/mol. The van der Waals surface area contributed by atoms with Crippen molar-refractivity contribution in [3.63, 3.8) is 0 Å². The number of hydrogen-bond acceptors (Lipinski definition) is 2. The van der Waals surface area contributed by atoms with Gasteiger partial charge in [0.2, 0.25) is 0 Å². The van der Waals surface area contributed by atoms with E-state index in [-0.39, 0.29) is 0 Å². The lowest BCUT2D eigenvalue weighted by molar-refractivity contribution is 0.210. The van der Waals surface area contributed by atoms with Crippen molar-refractivity contribution in [2.24, 2.45) is 5.41 Å². The van der Waals surface area contributed by atoms with Crippen LogP contribution in [0.2, 0.25) is 0 Å². The van der Waals surface area contributed by atoms with E-state index < -0.39 is 0 Å². The molecule has 0 aromatic heterocycles. The number of nitrogens with zero attached hydrogens (tertiary/aromatic N) is 1. The van der Waals surface area contributed by atoms with Crippen LogP contribution in [0.25, 0.3) is 0 Å². The Morgan fingerprint density at radius 1 is 1.40 bits per heavy atom. The largest absolute Gasteiger partial charge is 0.312 e. The molecule has 0 aliphatic carbocycles. The van der Waals surface area contributed by atoms with Crippen LogP contribution in [-0.4, -0.2) is 37.1 Å². The molecule has 0 spiro atoms. The molecular formula is C13H24N2. The van der Waals surface area contributed by atoms with Crippen molar-refractivity contribution < 1.29 is 0 Å². The van der Waals surface area contributed by atoms with E-state index in [1.807, 2.05) is 6.92 Å². The zero-order valence-corrected chi connectivity index (χ0v) is 10.6. The lowest BCUT2D eigenvalue weighted by Gasteiger charge is -2.33. The Morgan fingerprint density at radius 2 is 2.13 bits per heavy atom. The van der Waals surface area contributed by atoms with Crippen molar-refractivity contribution in [3.05, 3.63) is 0 Å². The van der Waals surface area contributed by atoms with E-state index >= 15 is 0 Å². The zero-order chi connectivity index (χ0) is 11.3. The van der Waals surface area contributed by atoms with Crippen LogP contribution >= 0.6 is 0 Å². The van der Waals surface area contributed by atoms with Crippen molar-refractivity contribution in [1.29, 1.82) is 0 Å². The normalized spacial score (nSPS) is 24.1. The Kier molecular flexibility index (Phi) is 4.63. The van der Waals surface area contributed by atoms with Gasteiger partial charge in [-0.3, -0.25) is 4.90 Å². The summed E-state index contributed by atoms with van der Waals surface area (Å²) in [5.41, 5.74) is 0.336. The molecule has 0 amide bonds. The summed E-state index contributed by atoms with van der Waals surface area (Å²) in [4.78, 5) is 2.46. The molecular weight excluding hydrogens is 184 g/mol. The quantitative estimate of drug-likeness (QED) is 0.660. The first-order valence-electron chi connectivity index (χ1n) is 5.89. The van der Waals surface area contributed by atoms with Crippen molar-refractivity contribution in [3.8, 4) is 11.8 Å². The van der Waals surface area contributed by atoms with Crippen LogP contribution in [-0.2, 0) is 0 Å². The third kappa shape index (κ3) is 4.24. The van der Waals surface area contributed by atoms with E-state index in [0.29, 0.717) is 11.5 Å². The lowest BCUT2D eigenvalue weighted by Crippen LogP contribution is -2.46. The van der Waals surface area contributed by atoms with Gasteiger partial charge in [0.25, 0.3) is 0 Å². The van der Waals surface area contributed by atoms with Gasteiger partial charge in [-0.05, 0) is 25.3 Å². The van der Waals surface area contributed by atoms with Gasteiger partial charge in [-0.1, -0.05) is 26.7 Å². The van der Waals surface area contributed by atoms with Crippen LogP contribution in [0.3, 0.4) is 0 Å². The fourth-order valence-electron chi connectivity index (χ4n) is 1.91. The maximum Gasteiger partial charge on any atom is 0.0602 e. The molecule has 1 fully saturated rings. The topological polar surface area (TPSA) is 15.3 Å². The smallest absolute Gasteiger partial charge is 0.0602 e. The predicted molar refractivity (Wildman–Crippen MR) is 65.8 cm³/mol. The SMILES string of the molecule is CC#CCN1CCCNC(C(C)(C)C)C1. The van der Waals surface area contributed by atoms with E-state index in [2.05, 4.69) is 42.8 Å². The summed E-state index contributed by atoms with van der Waals surface area (Å²) < 4.78 is 0. The minimum atomic E-state index is 0.336. The molecule has 1 N–H and O–H groups in total. The molecule has 2 heteroatoms. The molecule has 1 rings (SSSR count). The number of nitrogens with one attached hydrogen (secondary N) is 1. The Hall–Kier alpha value is -0.520. The highest BCUT2D eigenvalue weighted by molar-refractivity contribution is 4.99. The average Bonchev–Trinajstić information content (AvgIpc) is 2.38. The number of rotatable bonds is 1. The second-order valence-electron chi connectivity index (χ2n) is 5.39. The van der Waals surface area contributed by atoms with Gasteiger partial charge >= 0.3 is 0 Å². The summed E-state index contributed by atoms with van der Waals surface area (Å²) in [7, 11) is 0. The molecule has 15 heavy (non-hydrogen) atoms. The van der Waals surface area contributed by atoms with Gasteiger partial charge in [-0.2, -0.15) is 0 Å². The molecule has 0 saturated carbocycles. The van der Waals surface area contributed by atoms with Crippen molar-refractivity contribution in [1.82, 2.24) is 10.2 Å². The molecule has 0 radical (unpaired) electrons. The highest BCUT2D eigenvalue weighted by Gasteiger charge is 2.27. The zero-order valence-electron chi connectivity index (χ0n) is 10.6. The molecule has 0 bridgehead atoms. The summed E-state index contributed by atoms with van der Waals surface area (Å²) in [6.45, 7) is 13.2. The van der Waals surface area contributed by atoms with Crippen molar-refractivity contribution >= 4 is 0 Å². The van der Waals surface area contributed by atoms with Gasteiger partial charge in [0.15, 0.2) is 0 Å². The van der Waals surface area contributed by atoms with Gasteiger partial charge < -0.3 is 5.32 Å². The first-order valence-corrected chi connectivity index (χ1v) is 5.89. The van der Waals surface area contributed by atoms with E-state index in [9.17, 15) is 0 Å². The third-order valence-electron chi connectivity index (χ3n) is 3.01. The highest BCUT2D eigenvalue weighted by atomic mass is 15.2. The van der Waals surface area contributed by atoms with E-state index in [1.165, 1.54) is 13.0 Å². The summed E-state index contributed by atoms with van der Waals surface area (Å²) in [5, 5.41) is 3.64. The van der Waals surface area contributed by atoms with Gasteiger partial charge in [0.1, 0.15) is 0 Å². The monoisotopic (exact) mass is 208 g/mol. The van der Waals surface area contributed by atoms with E-state index in [1.54, 1.807) is 0 Å². The molecule has 1 atom stereocenters. The van der Waals surface area contributed by atoms with Gasteiger partial charge in [-0.15, -0.1) is 5.92 Å². The van der Waals surface area contributed by atoms with E-state index in [4.69, 9.17) is 0 Å². The van der Waals surface area contributed by atoms with Crippen LogP contribution in [0.1, 0.15) is 34.1 Å². The predicted octanol–water partition coefficient (Wildman–Crippen LogP) is 1.72. The molecule has 1 saturated heterocycles. The first kappa shape index (κ1) is 12.5. The molecule has 1 aliphatic rings. The fourth-order valence-corrected chi connectivity index (χ4v) is 1.91. The summed E-state index contributed by atoms with van der Waals surface area (Å²) in [5.74, 6) is 6.14. The van der Waals surface area contributed by atoms with Gasteiger partial charge in [0.05, 0.1) is 6.54 Å². The van der Waals surface area contributed by atoms with Crippen molar-refractivity contribution in [2.45, 2.75) is 40.2 Å². The molecule has 2 nitrogen and oxygen atoms in total. The minimum absolute atomic E-state index is 0.336. The maximum atomic E-state index is 3.64. The molecule has 1 unspecified atom stereocenters. The Morgan fingerprint density at radius 3 is 2.73 bits per heavy atom. The fraction of sp³-hybridized carbons (Fsp3) is 0.846. The third-order valence-corrected chi connectivity index (χ3v) is 3.01. The number of hydrogen-bond donors (Lipinski definition) is 1. The molecule has 1 heterocycles. The molecule has 0 aromatic rings. The van der Waals surface area contributed by atoms with Crippen LogP contribution in [0, 0.1) is 17.3 Å². The Balaban J connectivity index is 2.55. The molecule has 1 aliphatic heterocycles. The maximum absolute atomic E-state index is 3.64. The summed E-state index contributed by atoms with van der Waals surface area (Å²) >= 11 is 0. The van der Waals surface area contributed by atoms with Crippen LogP contribution in [0.15, 0.2) is 0 Å². The van der Waals surface area contributed by atoms with Gasteiger partial charge in [-0.25, -0.2) is 0 Å². The van der Waals surface area contributed by atoms with Gasteiger partial charge in [0, 0.05) is 19.1 Å². The van der Waals surface area contributed by atoms with E-state index in [0.717, 1.165) is 19.6 Å². The standard InChI is InChI=1S/C13H24N2/c1-5-6-9-15-10-7-8-14-12(11-15)13(2,3)4/h12,14H,7-11H2,1-4H3.